The molecule has 2 aromatic heterocycles. The molecule has 0 spiro atoms. The quantitative estimate of drug-likeness (QED) is 0.598. The Morgan fingerprint density at radius 1 is 0.950 bits per heavy atom. The molecule has 20 heavy (non-hydrogen) atoms. The number of nitrogens with zero attached hydrogens (tertiary/aromatic N) is 2. The van der Waals surface area contributed by atoms with Crippen molar-refractivity contribution in [2.75, 3.05) is 5.73 Å². The molecule has 4 rings (SSSR count). The van der Waals surface area contributed by atoms with Gasteiger partial charge < -0.3 is 5.73 Å². The molecule has 1 aliphatic carbocycles. The van der Waals surface area contributed by atoms with Crippen LogP contribution in [-0.2, 0) is 25.8 Å². The summed E-state index contributed by atoms with van der Waals surface area (Å²) >= 11 is 1.90. The van der Waals surface area contributed by atoms with Gasteiger partial charge in [-0.05, 0) is 50.5 Å². The fourth-order valence-electron chi connectivity index (χ4n) is 3.69. The Kier molecular flexibility index (Phi) is 3.14. The van der Waals surface area contributed by atoms with Gasteiger partial charge in [-0.3, -0.25) is 0 Å². The summed E-state index contributed by atoms with van der Waals surface area (Å²) in [6.07, 6.45) is 11.3. The zero-order valence-electron chi connectivity index (χ0n) is 12.0. The highest BCUT2D eigenvalue weighted by Crippen LogP contribution is 2.37. The van der Waals surface area contributed by atoms with Crippen LogP contribution >= 0.6 is 11.3 Å². The van der Waals surface area contributed by atoms with Crippen molar-refractivity contribution in [3.8, 4) is 0 Å². The Bertz CT molecular complexity index is 660. The standard InChI is InChI=1S/C16H21N3S/c17-15-14-11-7-3-1-4-8-12(11)20-16(14)18-13-9-5-2-6-10-19(13)15/h17H,1-10H2/p+1. The molecular weight excluding hydrogens is 266 g/mol. The second-order valence-corrected chi connectivity index (χ2v) is 7.20. The lowest BCUT2D eigenvalue weighted by atomic mass is 10.1. The van der Waals surface area contributed by atoms with Crippen LogP contribution in [-0.4, -0.2) is 4.98 Å². The van der Waals surface area contributed by atoms with Crippen molar-refractivity contribution < 1.29 is 4.57 Å². The van der Waals surface area contributed by atoms with E-state index in [0.717, 1.165) is 18.8 Å². The maximum absolute atomic E-state index is 6.56. The van der Waals surface area contributed by atoms with E-state index in [0.29, 0.717) is 0 Å². The lowest BCUT2D eigenvalue weighted by molar-refractivity contribution is -0.690. The molecule has 0 unspecified atom stereocenters. The second-order valence-electron chi connectivity index (χ2n) is 6.12. The molecule has 106 valence electrons. The number of anilines is 1. The number of fused-ring (bicyclic) bond motifs is 4. The Labute approximate surface area is 123 Å². The van der Waals surface area contributed by atoms with E-state index in [4.69, 9.17) is 10.7 Å². The van der Waals surface area contributed by atoms with Crippen LogP contribution in [0.25, 0.3) is 10.2 Å². The zero-order chi connectivity index (χ0) is 13.5. The topological polar surface area (TPSA) is 42.8 Å². The molecule has 0 saturated carbocycles. The monoisotopic (exact) mass is 288 g/mol. The molecule has 0 atom stereocenters. The van der Waals surface area contributed by atoms with Crippen LogP contribution in [0.15, 0.2) is 0 Å². The van der Waals surface area contributed by atoms with Crippen molar-refractivity contribution >= 4 is 27.4 Å². The average Bonchev–Trinajstić information content (AvgIpc) is 2.65. The van der Waals surface area contributed by atoms with Crippen LogP contribution in [0, 0.1) is 0 Å². The van der Waals surface area contributed by atoms with E-state index in [1.54, 1.807) is 4.88 Å². The third kappa shape index (κ3) is 1.93. The Morgan fingerprint density at radius 3 is 2.70 bits per heavy atom. The van der Waals surface area contributed by atoms with Crippen molar-refractivity contribution in [1.29, 1.82) is 0 Å². The summed E-state index contributed by atoms with van der Waals surface area (Å²) in [5.41, 5.74) is 8.08. The predicted octanol–water partition coefficient (Wildman–Crippen LogP) is 3.16. The van der Waals surface area contributed by atoms with Gasteiger partial charge >= 0.3 is 0 Å². The van der Waals surface area contributed by atoms with Gasteiger partial charge in [0.1, 0.15) is 5.39 Å². The number of hydrogen-bond acceptors (Lipinski definition) is 3. The van der Waals surface area contributed by atoms with Crippen molar-refractivity contribution in [3.63, 3.8) is 0 Å². The third-order valence-corrected chi connectivity index (χ3v) is 5.96. The van der Waals surface area contributed by atoms with Gasteiger partial charge in [0.2, 0.25) is 16.5 Å². The van der Waals surface area contributed by atoms with E-state index in [1.165, 1.54) is 73.0 Å². The van der Waals surface area contributed by atoms with Crippen LogP contribution in [0.1, 0.15) is 54.8 Å². The Hall–Kier alpha value is -1.16. The molecule has 0 amide bonds. The number of nitrogens with two attached hydrogens (primary N) is 1. The van der Waals surface area contributed by atoms with Crippen LogP contribution in [0.3, 0.4) is 0 Å². The number of rotatable bonds is 0. The van der Waals surface area contributed by atoms with Gasteiger partial charge in [0.05, 0.1) is 6.54 Å². The second kappa shape index (κ2) is 4.99. The molecule has 0 aromatic carbocycles. The summed E-state index contributed by atoms with van der Waals surface area (Å²) in [6.45, 7) is 1.05. The number of thiophene rings is 1. The largest absolute Gasteiger partial charge is 0.318 e. The molecule has 4 heteroatoms. The minimum atomic E-state index is 0.992. The zero-order valence-corrected chi connectivity index (χ0v) is 12.8. The highest BCUT2D eigenvalue weighted by molar-refractivity contribution is 7.18. The van der Waals surface area contributed by atoms with Crippen LogP contribution < -0.4 is 10.3 Å². The first-order valence-corrected chi connectivity index (χ1v) is 8.78. The molecule has 0 bridgehead atoms. The first kappa shape index (κ1) is 12.6. The molecule has 1 aliphatic heterocycles. The summed E-state index contributed by atoms with van der Waals surface area (Å²) in [7, 11) is 0. The summed E-state index contributed by atoms with van der Waals surface area (Å²) < 4.78 is 2.30. The van der Waals surface area contributed by atoms with E-state index >= 15 is 0 Å². The first-order chi connectivity index (χ1) is 9.84. The highest BCUT2D eigenvalue weighted by Gasteiger charge is 2.26. The number of aryl methyl sites for hydroxylation is 3. The molecule has 3 heterocycles. The van der Waals surface area contributed by atoms with Crippen molar-refractivity contribution in [3.05, 3.63) is 16.3 Å². The summed E-state index contributed by atoms with van der Waals surface area (Å²) in [5.74, 6) is 2.20. The fourth-order valence-corrected chi connectivity index (χ4v) is 4.98. The minimum Gasteiger partial charge on any atom is -0.318 e. The van der Waals surface area contributed by atoms with E-state index in [-0.39, 0.29) is 0 Å². The van der Waals surface area contributed by atoms with Crippen molar-refractivity contribution in [2.45, 2.75) is 64.3 Å². The Balaban J connectivity index is 1.96. The number of aromatic nitrogens is 2. The smallest absolute Gasteiger partial charge is 0.240 e. The average molecular weight is 288 g/mol. The van der Waals surface area contributed by atoms with E-state index in [2.05, 4.69) is 4.57 Å². The molecular formula is C16H22N3S+. The summed E-state index contributed by atoms with van der Waals surface area (Å²) in [5, 5.41) is 1.29. The van der Waals surface area contributed by atoms with Gasteiger partial charge in [-0.25, -0.2) is 4.57 Å². The normalized spacial score (nSPS) is 19.2. The van der Waals surface area contributed by atoms with Crippen LogP contribution in [0.4, 0.5) is 5.82 Å². The SMILES string of the molecule is Nc1c2c3c(sc2nc2[n+]1CCCCC2)CCCCC3. The van der Waals surface area contributed by atoms with E-state index < -0.39 is 0 Å². The van der Waals surface area contributed by atoms with Gasteiger partial charge in [0.15, 0.2) is 0 Å². The van der Waals surface area contributed by atoms with Crippen molar-refractivity contribution in [1.82, 2.24) is 4.98 Å². The maximum Gasteiger partial charge on any atom is 0.240 e. The van der Waals surface area contributed by atoms with Gasteiger partial charge in [-0.1, -0.05) is 11.4 Å². The van der Waals surface area contributed by atoms with Crippen molar-refractivity contribution in [2.24, 2.45) is 0 Å². The molecule has 3 nitrogen and oxygen atoms in total. The molecule has 0 fully saturated rings. The minimum absolute atomic E-state index is 0.992. The molecule has 2 aromatic rings. The van der Waals surface area contributed by atoms with Crippen LogP contribution in [0.5, 0.6) is 0 Å². The van der Waals surface area contributed by atoms with Gasteiger partial charge in [0, 0.05) is 11.3 Å². The highest BCUT2D eigenvalue weighted by atomic mass is 32.1. The van der Waals surface area contributed by atoms with E-state index in [9.17, 15) is 0 Å². The summed E-state index contributed by atoms with van der Waals surface area (Å²) in [6, 6.07) is 0. The van der Waals surface area contributed by atoms with Gasteiger partial charge in [0.25, 0.3) is 0 Å². The first-order valence-electron chi connectivity index (χ1n) is 7.97. The number of hydrogen-bond donors (Lipinski definition) is 1. The van der Waals surface area contributed by atoms with Crippen LogP contribution in [0.2, 0.25) is 0 Å². The predicted molar refractivity (Wildman–Crippen MR) is 83.0 cm³/mol. The maximum atomic E-state index is 6.56. The molecule has 2 aliphatic rings. The molecule has 0 saturated heterocycles. The summed E-state index contributed by atoms with van der Waals surface area (Å²) in [4.78, 5) is 7.72. The lowest BCUT2D eigenvalue weighted by Crippen LogP contribution is -2.41. The van der Waals surface area contributed by atoms with Gasteiger partial charge in [-0.15, -0.1) is 11.3 Å². The lowest BCUT2D eigenvalue weighted by Gasteiger charge is -2.07. The Morgan fingerprint density at radius 2 is 1.75 bits per heavy atom. The fraction of sp³-hybridized carbons (Fsp3) is 0.625. The molecule has 2 N–H and O–H groups in total. The van der Waals surface area contributed by atoms with Gasteiger partial charge in [-0.2, -0.15) is 0 Å². The van der Waals surface area contributed by atoms with E-state index in [1.807, 2.05) is 11.3 Å². The molecule has 0 radical (unpaired) electrons. The third-order valence-electron chi connectivity index (χ3n) is 4.77. The number of nitrogen functional groups attached to an aromatic ring is 1.